The van der Waals surface area contributed by atoms with E-state index < -0.39 is 6.04 Å². The summed E-state index contributed by atoms with van der Waals surface area (Å²) in [5, 5.41) is 3.55. The molecule has 0 aliphatic rings. The number of ether oxygens (including phenoxy) is 2. The number of hydrogen-bond donors (Lipinski definition) is 1. The summed E-state index contributed by atoms with van der Waals surface area (Å²) in [6.45, 7) is 6.57. The smallest absolute Gasteiger partial charge is 0.261 e. The van der Waals surface area contributed by atoms with Gasteiger partial charge in [-0.3, -0.25) is 9.59 Å². The number of benzene rings is 2. The molecule has 168 valence electrons. The Morgan fingerprint density at radius 2 is 1.71 bits per heavy atom. The molecule has 0 radical (unpaired) electrons. The number of carbonyl (C=O) groups is 2. The lowest BCUT2D eigenvalue weighted by molar-refractivity contribution is -0.143. The van der Waals surface area contributed by atoms with Crippen LogP contribution in [0.2, 0.25) is 5.02 Å². The monoisotopic (exact) mass is 446 g/mol. The largest absolute Gasteiger partial charge is 0.493 e. The number of halogens is 1. The number of carbonyl (C=O) groups excluding carboxylic acids is 2. The summed E-state index contributed by atoms with van der Waals surface area (Å²) < 4.78 is 11.0. The van der Waals surface area contributed by atoms with Crippen LogP contribution in [0.4, 0.5) is 0 Å². The van der Waals surface area contributed by atoms with Gasteiger partial charge in [-0.15, -0.1) is 0 Å². The normalized spacial score (nSPS) is 11.7. The Labute approximate surface area is 189 Å². The van der Waals surface area contributed by atoms with Crippen LogP contribution >= 0.6 is 11.6 Å². The second-order valence-corrected chi connectivity index (χ2v) is 8.09. The minimum atomic E-state index is -0.608. The molecule has 1 atom stereocenters. The number of para-hydroxylation sites is 2. The fraction of sp³-hybridized carbons (Fsp3) is 0.417. The molecule has 0 saturated carbocycles. The second-order valence-electron chi connectivity index (χ2n) is 7.65. The zero-order valence-corrected chi connectivity index (χ0v) is 19.3. The molecule has 0 spiro atoms. The molecule has 2 aromatic carbocycles. The molecule has 2 amide bonds. The topological polar surface area (TPSA) is 67.9 Å². The molecular formula is C24H31ClN2O4. The molecule has 0 fully saturated rings. The first-order chi connectivity index (χ1) is 14.8. The van der Waals surface area contributed by atoms with Crippen molar-refractivity contribution in [3.8, 4) is 11.5 Å². The Hall–Kier alpha value is -2.73. The fourth-order valence-electron chi connectivity index (χ4n) is 3.09. The van der Waals surface area contributed by atoms with Crippen LogP contribution in [0.15, 0.2) is 48.5 Å². The average molecular weight is 447 g/mol. The Morgan fingerprint density at radius 3 is 2.29 bits per heavy atom. The van der Waals surface area contributed by atoms with Crippen LogP contribution in [0, 0.1) is 5.92 Å². The Bertz CT molecular complexity index is 855. The van der Waals surface area contributed by atoms with Gasteiger partial charge in [-0.2, -0.15) is 0 Å². The summed E-state index contributed by atoms with van der Waals surface area (Å²) >= 11 is 5.99. The maximum Gasteiger partial charge on any atom is 0.261 e. The fourth-order valence-corrected chi connectivity index (χ4v) is 3.21. The predicted octanol–water partition coefficient (Wildman–Crippen LogP) is 4.31. The third kappa shape index (κ3) is 7.47. The molecule has 0 unspecified atom stereocenters. The molecule has 0 saturated heterocycles. The van der Waals surface area contributed by atoms with Crippen LogP contribution in [0.1, 0.15) is 32.8 Å². The standard InChI is InChI=1S/C24H31ClN2O4/c1-5-20(24(29)26-14-17(2)3)27(15-18-10-12-19(25)13-11-18)23(28)16-31-22-9-7-6-8-21(22)30-4/h6-13,17,20H,5,14-16H2,1-4H3,(H,26,29)/t20-/m1/s1. The van der Waals surface area contributed by atoms with Gasteiger partial charge in [0.1, 0.15) is 6.04 Å². The summed E-state index contributed by atoms with van der Waals surface area (Å²) in [6.07, 6.45) is 0.484. The SMILES string of the molecule is CC[C@H](C(=O)NCC(C)C)N(Cc1ccc(Cl)cc1)C(=O)COc1ccccc1OC. The molecule has 0 aromatic heterocycles. The van der Waals surface area contributed by atoms with Crippen LogP contribution in [-0.2, 0) is 16.1 Å². The van der Waals surface area contributed by atoms with E-state index in [0.29, 0.717) is 35.4 Å². The van der Waals surface area contributed by atoms with E-state index in [1.165, 1.54) is 0 Å². The number of methoxy groups -OCH3 is 1. The summed E-state index contributed by atoms with van der Waals surface area (Å²) in [5.74, 6) is 0.877. The van der Waals surface area contributed by atoms with E-state index in [-0.39, 0.29) is 25.0 Å². The van der Waals surface area contributed by atoms with Crippen molar-refractivity contribution in [3.05, 3.63) is 59.1 Å². The summed E-state index contributed by atoms with van der Waals surface area (Å²) in [7, 11) is 1.54. The maximum absolute atomic E-state index is 13.2. The van der Waals surface area contributed by atoms with E-state index in [9.17, 15) is 9.59 Å². The van der Waals surface area contributed by atoms with Crippen LogP contribution in [0.3, 0.4) is 0 Å². The van der Waals surface area contributed by atoms with Crippen molar-refractivity contribution < 1.29 is 19.1 Å². The van der Waals surface area contributed by atoms with E-state index in [1.54, 1.807) is 36.3 Å². The Morgan fingerprint density at radius 1 is 1.06 bits per heavy atom. The Kier molecular flexibility index (Phi) is 9.66. The lowest BCUT2D eigenvalue weighted by atomic mass is 10.1. The van der Waals surface area contributed by atoms with Crippen molar-refractivity contribution in [2.24, 2.45) is 5.92 Å². The van der Waals surface area contributed by atoms with Crippen LogP contribution in [-0.4, -0.2) is 43.0 Å². The third-order valence-electron chi connectivity index (χ3n) is 4.76. The minimum absolute atomic E-state index is 0.171. The molecule has 2 rings (SSSR count). The molecular weight excluding hydrogens is 416 g/mol. The van der Waals surface area contributed by atoms with Crippen molar-refractivity contribution in [1.29, 1.82) is 0 Å². The number of nitrogens with one attached hydrogen (secondary N) is 1. The summed E-state index contributed by atoms with van der Waals surface area (Å²) in [4.78, 5) is 27.6. The highest BCUT2D eigenvalue weighted by molar-refractivity contribution is 6.30. The van der Waals surface area contributed by atoms with Gasteiger partial charge in [0.05, 0.1) is 7.11 Å². The van der Waals surface area contributed by atoms with E-state index in [1.807, 2.05) is 45.0 Å². The van der Waals surface area contributed by atoms with Crippen molar-refractivity contribution in [3.63, 3.8) is 0 Å². The van der Waals surface area contributed by atoms with Crippen molar-refractivity contribution in [1.82, 2.24) is 10.2 Å². The number of rotatable bonds is 11. The van der Waals surface area contributed by atoms with E-state index in [2.05, 4.69) is 5.32 Å². The zero-order chi connectivity index (χ0) is 22.8. The minimum Gasteiger partial charge on any atom is -0.493 e. The molecule has 7 heteroatoms. The van der Waals surface area contributed by atoms with Gasteiger partial charge in [0.25, 0.3) is 5.91 Å². The first-order valence-electron chi connectivity index (χ1n) is 10.4. The highest BCUT2D eigenvalue weighted by Crippen LogP contribution is 2.26. The maximum atomic E-state index is 13.2. The van der Waals surface area contributed by atoms with Crippen LogP contribution < -0.4 is 14.8 Å². The lowest BCUT2D eigenvalue weighted by Crippen LogP contribution is -2.50. The first-order valence-corrected chi connectivity index (χ1v) is 10.8. The third-order valence-corrected chi connectivity index (χ3v) is 5.01. The molecule has 2 aromatic rings. The lowest BCUT2D eigenvalue weighted by Gasteiger charge is -2.31. The highest BCUT2D eigenvalue weighted by atomic mass is 35.5. The van der Waals surface area contributed by atoms with Gasteiger partial charge in [0.2, 0.25) is 5.91 Å². The first kappa shape index (κ1) is 24.5. The Balaban J connectivity index is 2.20. The quantitative estimate of drug-likeness (QED) is 0.558. The number of amides is 2. The summed E-state index contributed by atoms with van der Waals surface area (Å²) in [5.41, 5.74) is 0.880. The highest BCUT2D eigenvalue weighted by Gasteiger charge is 2.29. The number of hydrogen-bond acceptors (Lipinski definition) is 4. The van der Waals surface area contributed by atoms with Crippen LogP contribution in [0.5, 0.6) is 11.5 Å². The van der Waals surface area contributed by atoms with Gasteiger partial charge < -0.3 is 19.7 Å². The van der Waals surface area contributed by atoms with Crippen molar-refractivity contribution in [2.75, 3.05) is 20.3 Å². The number of nitrogens with zero attached hydrogens (tertiary/aromatic N) is 1. The summed E-state index contributed by atoms with van der Waals surface area (Å²) in [6, 6.07) is 13.8. The molecule has 0 aliphatic carbocycles. The van der Waals surface area contributed by atoms with Crippen molar-refractivity contribution in [2.45, 2.75) is 39.8 Å². The molecule has 6 nitrogen and oxygen atoms in total. The van der Waals surface area contributed by atoms with E-state index in [4.69, 9.17) is 21.1 Å². The molecule has 1 N–H and O–H groups in total. The molecule has 0 aliphatic heterocycles. The molecule has 0 heterocycles. The zero-order valence-electron chi connectivity index (χ0n) is 18.6. The van der Waals surface area contributed by atoms with Gasteiger partial charge in [-0.05, 0) is 42.2 Å². The average Bonchev–Trinajstić information content (AvgIpc) is 2.77. The van der Waals surface area contributed by atoms with Gasteiger partial charge >= 0.3 is 0 Å². The van der Waals surface area contributed by atoms with Crippen molar-refractivity contribution >= 4 is 23.4 Å². The van der Waals surface area contributed by atoms with E-state index >= 15 is 0 Å². The van der Waals surface area contributed by atoms with Gasteiger partial charge in [0.15, 0.2) is 18.1 Å². The molecule has 0 bridgehead atoms. The van der Waals surface area contributed by atoms with Gasteiger partial charge in [-0.25, -0.2) is 0 Å². The van der Waals surface area contributed by atoms with Gasteiger partial charge in [0, 0.05) is 18.1 Å². The predicted molar refractivity (Wildman–Crippen MR) is 122 cm³/mol. The molecule has 31 heavy (non-hydrogen) atoms. The van der Waals surface area contributed by atoms with Gasteiger partial charge in [-0.1, -0.05) is 56.6 Å². The van der Waals surface area contributed by atoms with Crippen LogP contribution in [0.25, 0.3) is 0 Å². The van der Waals surface area contributed by atoms with E-state index in [0.717, 1.165) is 5.56 Å². The second kappa shape index (κ2) is 12.2.